The highest BCUT2D eigenvalue weighted by Crippen LogP contribution is 2.79. The van der Waals surface area contributed by atoms with E-state index in [1.807, 2.05) is 0 Å². The van der Waals surface area contributed by atoms with Crippen LogP contribution < -0.4 is 0 Å². The summed E-state index contributed by atoms with van der Waals surface area (Å²) in [5.41, 5.74) is 0. The number of hydrogen-bond acceptors (Lipinski definition) is 0. The lowest BCUT2D eigenvalue weighted by molar-refractivity contribution is 0.391. The zero-order valence-electron chi connectivity index (χ0n) is 24.2. The Morgan fingerprint density at radius 3 is 0.362 bits per heavy atom. The van der Waals surface area contributed by atoms with E-state index in [1.165, 1.54) is 0 Å². The molecule has 0 amide bonds. The van der Waals surface area contributed by atoms with E-state index in [2.05, 4.69) is 0 Å². The number of rotatable bonds is 17. The average molecular weight is 1610 g/mol. The van der Waals surface area contributed by atoms with Gasteiger partial charge in [-0.3, -0.25) is 0 Å². The molecule has 0 aliphatic rings. The minimum absolute atomic E-state index is 1.01. The van der Waals surface area contributed by atoms with E-state index in [1.54, 1.807) is 0 Å². The first-order chi connectivity index (χ1) is 24.2. The Hall–Kier alpha value is 11.3. The van der Waals surface area contributed by atoms with Crippen molar-refractivity contribution in [1.82, 2.24) is 0 Å². The van der Waals surface area contributed by atoms with Crippen LogP contribution in [0.15, 0.2) is 0 Å². The van der Waals surface area contributed by atoms with E-state index in [0.717, 1.165) is 0 Å². The molecule has 0 aliphatic carbocycles. The van der Waals surface area contributed by atoms with Crippen molar-refractivity contribution in [1.29, 1.82) is 0 Å². The summed E-state index contributed by atoms with van der Waals surface area (Å²) in [6.45, 7) is 0. The molecule has 0 rings (SSSR count). The van der Waals surface area contributed by atoms with E-state index in [-0.39, 0.29) is 0 Å². The van der Waals surface area contributed by atoms with Crippen LogP contribution in [-0.2, 0) is 0 Å². The van der Waals surface area contributed by atoms with Gasteiger partial charge in [0.15, 0.2) is 74.2 Å². The second-order valence-electron chi connectivity index (χ2n) is 10.5. The maximum Gasteiger partial charge on any atom is 0.226 e. The lowest BCUT2D eigenvalue weighted by Crippen LogP contribution is -2.76. The quantitative estimate of drug-likeness (QED) is 0.127. The molecule has 0 N–H and O–H groups in total. The molecule has 0 aromatic carbocycles. The molecule has 0 atom stereocenters. The van der Waals surface area contributed by atoms with Gasteiger partial charge in [-0.2, -0.15) is 0 Å². The molecule has 0 spiro atoms. The van der Waals surface area contributed by atoms with Crippen molar-refractivity contribution >= 4 is 452 Å². The van der Waals surface area contributed by atoms with Gasteiger partial charge in [0.2, 0.25) is 8.13 Å². The van der Waals surface area contributed by atoms with E-state index >= 15 is 0 Å². The van der Waals surface area contributed by atoms with Crippen LogP contribution in [0.4, 0.5) is 0 Å². The van der Waals surface area contributed by atoms with Crippen LogP contribution in [-0.4, -0.2) is 77.5 Å². The van der Waals surface area contributed by atoms with Gasteiger partial charge >= 0.3 is 0 Å². The topological polar surface area (TPSA) is 0 Å². The Labute approximate surface area is 525 Å². The lowest BCUT2D eigenvalue weighted by atomic mass is 9.96. The Kier molecular flexibility index (Phi) is 24.7. The first-order valence-corrected chi connectivity index (χ1v) is 26.6. The smallest absolute Gasteiger partial charge is 0.0946 e. The van der Waals surface area contributed by atoms with Gasteiger partial charge in [-0.25, -0.2) is 0 Å². The zero-order chi connectivity index (χ0) is 48.6. The second kappa shape index (κ2) is 20.7. The van der Waals surface area contributed by atoms with Crippen molar-refractivity contribution in [3.05, 3.63) is 4.84 Å². The van der Waals surface area contributed by atoms with Gasteiger partial charge < -0.3 is 0 Å². The van der Waals surface area contributed by atoms with Crippen LogP contribution in [0.5, 0.6) is 0 Å². The highest BCUT2D eigenvalue weighted by Gasteiger charge is 2.88. The molecule has 39 heteroatoms. The minimum atomic E-state index is -3.73. The van der Waals surface area contributed by atoms with Gasteiger partial charge in [0.25, 0.3) is 0 Å². The maximum absolute atomic E-state index is 6.59. The third-order valence-corrected chi connectivity index (χ3v) is 34.6. The van der Waals surface area contributed by atoms with Gasteiger partial charge in [0, 0.05) is 0 Å². The number of alkyl halides is 37. The summed E-state index contributed by atoms with van der Waals surface area (Å²) in [5.74, 6) is 0. The molecule has 0 aromatic rings. The van der Waals surface area contributed by atoms with Crippen LogP contribution in [0.25, 0.3) is 0 Å². The minimum Gasteiger partial charge on any atom is -0.0946 e. The summed E-state index contributed by atoms with van der Waals surface area (Å²) in [6, 6.07) is 0. The number of hydrogen-bond donors (Lipinski definition) is 0. The normalized spacial score (nSPS) is 17.4. The van der Waals surface area contributed by atoms with E-state index in [4.69, 9.17) is 452 Å². The molecule has 1 radical (unpaired) electrons. The van der Waals surface area contributed by atoms with Gasteiger partial charge in [0.05, 0.1) is 0 Å². The van der Waals surface area contributed by atoms with E-state index in [0.29, 0.717) is 0 Å². The van der Waals surface area contributed by atoms with E-state index < -0.39 is 82.3 Å². The molecule has 349 valence electrons. The molecule has 0 fully saturated rings. The molecule has 0 saturated carbocycles. The fraction of sp³-hybridized carbons (Fsp3) is 0.947. The fourth-order valence-corrected chi connectivity index (χ4v) is 16.3. The van der Waals surface area contributed by atoms with Crippen LogP contribution in [0.2, 0.25) is 0 Å². The summed E-state index contributed by atoms with van der Waals surface area (Å²) in [4.78, 5) is -1.01. The van der Waals surface area contributed by atoms with Gasteiger partial charge in [0.1, 0.15) is 0 Å². The molecule has 58 heavy (non-hydrogen) atoms. The van der Waals surface area contributed by atoms with Crippen molar-refractivity contribution in [2.45, 2.75) is 77.5 Å². The van der Waals surface area contributed by atoms with Crippen LogP contribution >= 0.6 is 452 Å². The molecule has 0 aliphatic heterocycles. The Bertz CT molecular complexity index is 1480. The summed E-state index contributed by atoms with van der Waals surface area (Å²) >= 11 is 248. The summed E-state index contributed by atoms with van der Waals surface area (Å²) in [6.07, 6.45) is 0. The average Bonchev–Trinajstić information content (AvgIpc) is 2.98. The van der Waals surface area contributed by atoms with Crippen molar-refractivity contribution in [3.8, 4) is 0 Å². The van der Waals surface area contributed by atoms with Crippen molar-refractivity contribution in [2.24, 2.45) is 0 Å². The molecule has 0 saturated heterocycles. The lowest BCUT2D eigenvalue weighted by Gasteiger charge is -2.59. The summed E-state index contributed by atoms with van der Waals surface area (Å²) < 4.78 is -62.4. The Morgan fingerprint density at radius 1 is 0.155 bits per heavy atom. The number of halogens is 39. The Morgan fingerprint density at radius 2 is 0.259 bits per heavy atom. The molecule has 0 nitrogen and oxygen atoms in total. The van der Waals surface area contributed by atoms with Crippen LogP contribution in [0.3, 0.4) is 0 Å². The van der Waals surface area contributed by atoms with Crippen molar-refractivity contribution < 1.29 is 0 Å². The van der Waals surface area contributed by atoms with Crippen molar-refractivity contribution in [2.75, 3.05) is 0 Å². The van der Waals surface area contributed by atoms with Gasteiger partial charge in [-0.15, -0.1) is 0 Å². The van der Waals surface area contributed by atoms with Crippen molar-refractivity contribution in [3.63, 3.8) is 0 Å². The highest BCUT2D eigenvalue weighted by molar-refractivity contribution is 6.86. The standard InChI is InChI=1S/C19Cl39/c20-1(21)2(22,23)3(24,25)4(26,27)5(28,29)6(30,31)7(32,33)8(34,35)9(36,37)10(38,39)11(40,41)12(42,43)13(44,45)14(46,47)15(48,49)16(50,51)17(52,53)18(54,55)19(56,57)58. The highest BCUT2D eigenvalue weighted by atomic mass is 35.6. The zero-order valence-corrected chi connectivity index (χ0v) is 53.7. The predicted molar refractivity (Wildman–Crippen MR) is 281 cm³/mol. The van der Waals surface area contributed by atoms with E-state index in [9.17, 15) is 0 Å². The molecule has 0 unspecified atom stereocenters. The second-order valence-corrected chi connectivity index (χ2v) is 36.3. The molecule has 0 heterocycles. The first kappa shape index (κ1) is 69.3. The fourth-order valence-electron chi connectivity index (χ4n) is 3.25. The SMILES string of the molecule is Cl[C](Cl)C(Cl)(Cl)C(Cl)(Cl)C(Cl)(Cl)C(Cl)(Cl)C(Cl)(Cl)C(Cl)(Cl)C(Cl)(Cl)C(Cl)(Cl)C(Cl)(Cl)C(Cl)(Cl)C(Cl)(Cl)C(Cl)(Cl)C(Cl)(Cl)C(Cl)(Cl)C(Cl)(Cl)C(Cl)(Cl)C(Cl)(Cl)C(Cl)(Cl)Cl. The Balaban J connectivity index is 7.89. The third-order valence-electron chi connectivity index (χ3n) is 6.90. The van der Waals surface area contributed by atoms with Crippen LogP contribution in [0.1, 0.15) is 0 Å². The maximum atomic E-state index is 6.59. The molecular weight excluding hydrogens is 1610 g/mol. The molecule has 0 aromatic heterocycles. The molecule has 0 bridgehead atoms. The third kappa shape index (κ3) is 10.2. The summed E-state index contributed by atoms with van der Waals surface area (Å²) in [7, 11) is 0. The first-order valence-electron chi connectivity index (χ1n) is 11.9. The van der Waals surface area contributed by atoms with Gasteiger partial charge in [-0.1, -0.05) is 452 Å². The predicted octanol–water partition coefficient (Wildman–Crippen LogP) is 23.3. The largest absolute Gasteiger partial charge is 0.226 e. The van der Waals surface area contributed by atoms with Crippen LogP contribution in [0, 0.1) is 4.84 Å². The monoisotopic (exact) mass is 1590 g/mol. The van der Waals surface area contributed by atoms with Gasteiger partial charge in [-0.05, 0) is 0 Å². The molecular formula is C19Cl39. The summed E-state index contributed by atoms with van der Waals surface area (Å²) in [5, 5.41) is 0.